The molecule has 1 aliphatic heterocycles. The Morgan fingerprint density at radius 2 is 1.88 bits per heavy atom. The van der Waals surface area contributed by atoms with Crippen LogP contribution in [0.5, 0.6) is 0 Å². The second-order valence-corrected chi connectivity index (χ2v) is 7.91. The Bertz CT molecular complexity index is 608. The number of rotatable bonds is 6. The number of nitrogens with zero attached hydrogens (tertiary/aromatic N) is 1. The van der Waals surface area contributed by atoms with E-state index in [-0.39, 0.29) is 17.7 Å². The second-order valence-electron chi connectivity index (χ2n) is 7.91. The number of carbonyl (C=O) groups is 2. The molecule has 2 N–H and O–H groups in total. The molecule has 2 amide bonds. The van der Waals surface area contributed by atoms with Gasteiger partial charge in [0.15, 0.2) is 0 Å². The van der Waals surface area contributed by atoms with Crippen molar-refractivity contribution in [3.8, 4) is 0 Å². The van der Waals surface area contributed by atoms with Crippen molar-refractivity contribution in [1.82, 2.24) is 5.32 Å². The Morgan fingerprint density at radius 1 is 1.24 bits per heavy atom. The number of piperidine rings is 1. The Hall–Kier alpha value is -1.88. The van der Waals surface area contributed by atoms with E-state index >= 15 is 0 Å². The van der Waals surface area contributed by atoms with Crippen molar-refractivity contribution in [2.24, 2.45) is 11.3 Å². The third-order valence-corrected chi connectivity index (χ3v) is 4.90. The molecule has 1 saturated heterocycles. The summed E-state index contributed by atoms with van der Waals surface area (Å²) in [6, 6.07) is 7.15. The fourth-order valence-electron chi connectivity index (χ4n) is 3.29. The standard InChI is InChI=1S/C20H30N2O3/c1-14(2)18(24)20(3,4)13-21-19(25)15-8-10-16(11-9-15)22-12-6-5-7-17(22)23/h8-11,14,18,24H,5-7,12-13H2,1-4H3,(H,21,25). The van der Waals surface area contributed by atoms with E-state index in [1.54, 1.807) is 17.0 Å². The van der Waals surface area contributed by atoms with Crippen molar-refractivity contribution in [3.05, 3.63) is 29.8 Å². The van der Waals surface area contributed by atoms with E-state index in [1.165, 1.54) is 0 Å². The average molecular weight is 346 g/mol. The first-order chi connectivity index (χ1) is 11.7. The van der Waals surface area contributed by atoms with Crippen molar-refractivity contribution in [3.63, 3.8) is 0 Å². The van der Waals surface area contributed by atoms with Crippen molar-refractivity contribution < 1.29 is 14.7 Å². The minimum atomic E-state index is -0.486. The molecule has 5 heteroatoms. The fraction of sp³-hybridized carbons (Fsp3) is 0.600. The lowest BCUT2D eigenvalue weighted by Gasteiger charge is -2.33. The molecule has 25 heavy (non-hydrogen) atoms. The van der Waals surface area contributed by atoms with Crippen LogP contribution in [0.3, 0.4) is 0 Å². The monoisotopic (exact) mass is 346 g/mol. The normalized spacial score (nSPS) is 16.9. The van der Waals surface area contributed by atoms with E-state index in [0.717, 1.165) is 25.1 Å². The summed E-state index contributed by atoms with van der Waals surface area (Å²) in [6.07, 6.45) is 2.07. The van der Waals surface area contributed by atoms with E-state index in [0.29, 0.717) is 18.5 Å². The Morgan fingerprint density at radius 3 is 2.44 bits per heavy atom. The van der Waals surface area contributed by atoms with Crippen molar-refractivity contribution in [2.45, 2.75) is 53.1 Å². The van der Waals surface area contributed by atoms with Gasteiger partial charge in [0.25, 0.3) is 5.91 Å². The Labute approximate surface area is 150 Å². The van der Waals surface area contributed by atoms with Crippen molar-refractivity contribution in [2.75, 3.05) is 18.0 Å². The maximum atomic E-state index is 12.4. The summed E-state index contributed by atoms with van der Waals surface area (Å²) in [5.41, 5.74) is 1.00. The van der Waals surface area contributed by atoms with Gasteiger partial charge in [-0.2, -0.15) is 0 Å². The first-order valence-corrected chi connectivity index (χ1v) is 9.09. The van der Waals surface area contributed by atoms with E-state index < -0.39 is 11.5 Å². The molecule has 0 aliphatic carbocycles. The number of benzene rings is 1. The van der Waals surface area contributed by atoms with Crippen molar-refractivity contribution >= 4 is 17.5 Å². The summed E-state index contributed by atoms with van der Waals surface area (Å²) in [6.45, 7) is 8.97. The number of aliphatic hydroxyl groups is 1. The van der Waals surface area contributed by atoms with E-state index in [1.807, 2.05) is 39.8 Å². The number of anilines is 1. The predicted molar refractivity (Wildman–Crippen MR) is 99.6 cm³/mol. The molecule has 1 heterocycles. The molecule has 1 unspecified atom stereocenters. The van der Waals surface area contributed by atoms with Crippen LogP contribution in [0.4, 0.5) is 5.69 Å². The number of amides is 2. The Kier molecular flexibility index (Phi) is 6.22. The third-order valence-electron chi connectivity index (χ3n) is 4.90. The molecule has 0 bridgehead atoms. The first-order valence-electron chi connectivity index (χ1n) is 9.09. The molecule has 0 saturated carbocycles. The van der Waals surface area contributed by atoms with Gasteiger partial charge < -0.3 is 15.3 Å². The third kappa shape index (κ3) is 4.82. The van der Waals surface area contributed by atoms with Crippen LogP contribution in [0.25, 0.3) is 0 Å². The highest BCUT2D eigenvalue weighted by atomic mass is 16.3. The fourth-order valence-corrected chi connectivity index (χ4v) is 3.29. The maximum absolute atomic E-state index is 12.4. The van der Waals surface area contributed by atoms with E-state index in [9.17, 15) is 14.7 Å². The summed E-state index contributed by atoms with van der Waals surface area (Å²) in [4.78, 5) is 26.1. The van der Waals surface area contributed by atoms with Crippen LogP contribution in [0, 0.1) is 11.3 Å². The van der Waals surface area contributed by atoms with Crippen LogP contribution in [-0.2, 0) is 4.79 Å². The maximum Gasteiger partial charge on any atom is 0.251 e. The number of hydrogen-bond acceptors (Lipinski definition) is 3. The highest BCUT2D eigenvalue weighted by Gasteiger charge is 2.30. The van der Waals surface area contributed by atoms with Crippen LogP contribution in [0.15, 0.2) is 24.3 Å². The van der Waals surface area contributed by atoms with Gasteiger partial charge in [0.1, 0.15) is 0 Å². The summed E-state index contributed by atoms with van der Waals surface area (Å²) in [5, 5.41) is 13.2. The number of hydrogen-bond donors (Lipinski definition) is 2. The molecule has 1 fully saturated rings. The Balaban J connectivity index is 1.97. The van der Waals surface area contributed by atoms with Crippen LogP contribution < -0.4 is 10.2 Å². The molecule has 1 aromatic rings. The molecule has 2 rings (SSSR count). The topological polar surface area (TPSA) is 69.6 Å². The highest BCUT2D eigenvalue weighted by molar-refractivity contribution is 5.96. The highest BCUT2D eigenvalue weighted by Crippen LogP contribution is 2.25. The molecule has 1 atom stereocenters. The van der Waals surface area contributed by atoms with Crippen molar-refractivity contribution in [1.29, 1.82) is 0 Å². The molecule has 1 aliphatic rings. The summed E-state index contributed by atoms with van der Waals surface area (Å²) in [7, 11) is 0. The van der Waals surface area contributed by atoms with Crippen LogP contribution in [-0.4, -0.2) is 36.1 Å². The molecule has 0 spiro atoms. The lowest BCUT2D eigenvalue weighted by Crippen LogP contribution is -2.43. The zero-order valence-corrected chi connectivity index (χ0v) is 15.7. The zero-order chi connectivity index (χ0) is 18.6. The molecule has 0 radical (unpaired) electrons. The van der Waals surface area contributed by atoms with Gasteiger partial charge in [-0.15, -0.1) is 0 Å². The first kappa shape index (κ1) is 19.4. The number of nitrogens with one attached hydrogen (secondary N) is 1. The minimum Gasteiger partial charge on any atom is -0.392 e. The average Bonchev–Trinajstić information content (AvgIpc) is 2.59. The SMILES string of the molecule is CC(C)C(O)C(C)(C)CNC(=O)c1ccc(N2CCCCC2=O)cc1. The molecular formula is C20H30N2O3. The summed E-state index contributed by atoms with van der Waals surface area (Å²) < 4.78 is 0. The van der Waals surface area contributed by atoms with Crippen LogP contribution in [0.1, 0.15) is 57.3 Å². The molecular weight excluding hydrogens is 316 g/mol. The van der Waals surface area contributed by atoms with Gasteiger partial charge in [-0.1, -0.05) is 27.7 Å². The van der Waals surface area contributed by atoms with Gasteiger partial charge in [-0.25, -0.2) is 0 Å². The van der Waals surface area contributed by atoms with Gasteiger partial charge in [-0.05, 0) is 43.0 Å². The molecule has 5 nitrogen and oxygen atoms in total. The van der Waals surface area contributed by atoms with Gasteiger partial charge in [0.2, 0.25) is 5.91 Å². The minimum absolute atomic E-state index is 0.133. The second kappa shape index (κ2) is 8.00. The van der Waals surface area contributed by atoms with Gasteiger partial charge in [-0.3, -0.25) is 9.59 Å². The smallest absolute Gasteiger partial charge is 0.251 e. The molecule has 0 aromatic heterocycles. The predicted octanol–water partition coefficient (Wildman–Crippen LogP) is 2.98. The van der Waals surface area contributed by atoms with Gasteiger partial charge in [0.05, 0.1) is 6.10 Å². The quantitative estimate of drug-likeness (QED) is 0.832. The zero-order valence-electron chi connectivity index (χ0n) is 15.7. The summed E-state index contributed by atoms with van der Waals surface area (Å²) >= 11 is 0. The van der Waals surface area contributed by atoms with Gasteiger partial charge in [0, 0.05) is 36.2 Å². The molecule has 1 aromatic carbocycles. The lowest BCUT2D eigenvalue weighted by molar-refractivity contribution is -0.119. The molecule has 138 valence electrons. The lowest BCUT2D eigenvalue weighted by atomic mass is 9.80. The van der Waals surface area contributed by atoms with Crippen LogP contribution >= 0.6 is 0 Å². The number of aliphatic hydroxyl groups excluding tert-OH is 1. The van der Waals surface area contributed by atoms with E-state index in [2.05, 4.69) is 5.32 Å². The number of carbonyl (C=O) groups excluding carboxylic acids is 2. The van der Waals surface area contributed by atoms with Crippen LogP contribution in [0.2, 0.25) is 0 Å². The largest absolute Gasteiger partial charge is 0.392 e. The van der Waals surface area contributed by atoms with Gasteiger partial charge >= 0.3 is 0 Å². The summed E-state index contributed by atoms with van der Waals surface area (Å²) in [5.74, 6) is 0.113. The van der Waals surface area contributed by atoms with E-state index in [4.69, 9.17) is 0 Å².